The van der Waals surface area contributed by atoms with Gasteiger partial charge in [-0.25, -0.2) is 4.79 Å². The maximum atomic E-state index is 11.9. The van der Waals surface area contributed by atoms with Crippen molar-refractivity contribution in [1.29, 1.82) is 0 Å². The first-order valence-electron chi connectivity index (χ1n) is 5.69. The number of carbonyl (C=O) groups excluding carboxylic acids is 1. The van der Waals surface area contributed by atoms with Crippen LogP contribution in [0.3, 0.4) is 0 Å². The van der Waals surface area contributed by atoms with Crippen LogP contribution in [-0.4, -0.2) is 13.1 Å². The molecule has 2 aromatic rings. The Balaban J connectivity index is 2.66. The Bertz CT molecular complexity index is 652. The van der Waals surface area contributed by atoms with Crippen LogP contribution in [0.1, 0.15) is 35.9 Å². The molecule has 94 valence electrons. The van der Waals surface area contributed by atoms with E-state index in [9.17, 15) is 9.59 Å². The number of methoxy groups -OCH3 is 1. The summed E-state index contributed by atoms with van der Waals surface area (Å²) in [5.74, 6) is -0.400. The van der Waals surface area contributed by atoms with Gasteiger partial charge >= 0.3 is 5.97 Å². The van der Waals surface area contributed by atoms with Crippen LogP contribution in [0.15, 0.2) is 33.5 Å². The molecule has 0 aliphatic heterocycles. The van der Waals surface area contributed by atoms with Gasteiger partial charge < -0.3 is 9.15 Å². The summed E-state index contributed by atoms with van der Waals surface area (Å²) in [7, 11) is 1.24. The second-order valence-corrected chi connectivity index (χ2v) is 4.38. The molecule has 0 N–H and O–H groups in total. The van der Waals surface area contributed by atoms with Crippen LogP contribution in [0.25, 0.3) is 11.0 Å². The normalized spacial score (nSPS) is 10.9. The predicted molar refractivity (Wildman–Crippen MR) is 67.9 cm³/mol. The third-order valence-electron chi connectivity index (χ3n) is 2.80. The first kappa shape index (κ1) is 12.4. The second kappa shape index (κ2) is 4.64. The Morgan fingerprint density at radius 3 is 2.61 bits per heavy atom. The summed E-state index contributed by atoms with van der Waals surface area (Å²) in [6, 6.07) is 6.56. The predicted octanol–water partition coefficient (Wildman–Crippen LogP) is 2.70. The monoisotopic (exact) mass is 246 g/mol. The first-order chi connectivity index (χ1) is 8.52. The van der Waals surface area contributed by atoms with Crippen molar-refractivity contribution in [1.82, 2.24) is 0 Å². The summed E-state index contributed by atoms with van der Waals surface area (Å²) < 4.78 is 9.89. The van der Waals surface area contributed by atoms with E-state index in [2.05, 4.69) is 4.74 Å². The summed E-state index contributed by atoms with van der Waals surface area (Å²) in [6.07, 6.45) is 0. The second-order valence-electron chi connectivity index (χ2n) is 4.38. The van der Waals surface area contributed by atoms with Crippen molar-refractivity contribution in [2.75, 3.05) is 7.11 Å². The quantitative estimate of drug-likeness (QED) is 0.764. The van der Waals surface area contributed by atoms with E-state index in [1.165, 1.54) is 7.11 Å². The van der Waals surface area contributed by atoms with E-state index in [1.807, 2.05) is 19.9 Å². The summed E-state index contributed by atoms with van der Waals surface area (Å²) in [5, 5.41) is 0.480. The third-order valence-corrected chi connectivity index (χ3v) is 2.80. The highest BCUT2D eigenvalue weighted by molar-refractivity contribution is 5.88. The molecule has 0 atom stereocenters. The van der Waals surface area contributed by atoms with Gasteiger partial charge in [0.05, 0.1) is 12.5 Å². The van der Waals surface area contributed by atoms with Gasteiger partial charge in [0, 0.05) is 6.07 Å². The fraction of sp³-hybridized carbons (Fsp3) is 0.286. The van der Waals surface area contributed by atoms with Crippen LogP contribution in [0.4, 0.5) is 0 Å². The summed E-state index contributed by atoms with van der Waals surface area (Å²) >= 11 is 0. The number of hydrogen-bond donors (Lipinski definition) is 0. The molecule has 0 aliphatic carbocycles. The molecule has 0 fully saturated rings. The summed E-state index contributed by atoms with van der Waals surface area (Å²) in [6.45, 7) is 4.09. The molecule has 0 unspecified atom stereocenters. The Morgan fingerprint density at radius 1 is 1.28 bits per heavy atom. The number of benzene rings is 1. The summed E-state index contributed by atoms with van der Waals surface area (Å²) in [5.41, 5.74) is 1.21. The van der Waals surface area contributed by atoms with E-state index >= 15 is 0 Å². The van der Waals surface area contributed by atoms with Gasteiger partial charge in [-0.05, 0) is 23.6 Å². The molecule has 0 saturated heterocycles. The maximum Gasteiger partial charge on any atom is 0.374 e. The molecular weight excluding hydrogens is 232 g/mol. The lowest BCUT2D eigenvalue weighted by Gasteiger charge is -2.06. The Labute approximate surface area is 104 Å². The first-order valence-corrected chi connectivity index (χ1v) is 5.69. The van der Waals surface area contributed by atoms with E-state index < -0.39 is 5.97 Å². The average Bonchev–Trinajstić information content (AvgIpc) is 2.37. The number of carbonyl (C=O) groups is 1. The number of esters is 1. The fourth-order valence-electron chi connectivity index (χ4n) is 1.73. The van der Waals surface area contributed by atoms with Crippen molar-refractivity contribution in [3.63, 3.8) is 0 Å². The Hall–Kier alpha value is -2.10. The van der Waals surface area contributed by atoms with E-state index in [0.29, 0.717) is 16.9 Å². The van der Waals surface area contributed by atoms with Gasteiger partial charge in [0.1, 0.15) is 5.58 Å². The largest absolute Gasteiger partial charge is 0.463 e. The lowest BCUT2D eigenvalue weighted by molar-refractivity contribution is 0.0565. The van der Waals surface area contributed by atoms with E-state index in [-0.39, 0.29) is 11.2 Å². The van der Waals surface area contributed by atoms with E-state index in [4.69, 9.17) is 4.42 Å². The van der Waals surface area contributed by atoms with Gasteiger partial charge in [-0.1, -0.05) is 19.9 Å². The molecule has 1 heterocycles. The van der Waals surface area contributed by atoms with Crippen LogP contribution in [0, 0.1) is 0 Å². The van der Waals surface area contributed by atoms with Gasteiger partial charge in [-0.15, -0.1) is 0 Å². The highest BCUT2D eigenvalue weighted by Gasteiger charge is 2.13. The van der Waals surface area contributed by atoms with Gasteiger partial charge in [-0.3, -0.25) is 4.79 Å². The van der Waals surface area contributed by atoms with Crippen LogP contribution in [-0.2, 0) is 4.74 Å². The average molecular weight is 246 g/mol. The number of rotatable bonds is 2. The number of hydrogen-bond acceptors (Lipinski definition) is 4. The molecule has 2 rings (SSSR count). The topological polar surface area (TPSA) is 56.5 Å². The molecule has 0 bridgehead atoms. The smallest absolute Gasteiger partial charge is 0.374 e. The van der Waals surface area contributed by atoms with Crippen LogP contribution < -0.4 is 5.43 Å². The van der Waals surface area contributed by atoms with E-state index in [1.54, 1.807) is 12.1 Å². The van der Waals surface area contributed by atoms with Crippen molar-refractivity contribution in [3.05, 3.63) is 45.8 Å². The molecule has 0 saturated carbocycles. The molecule has 4 heteroatoms. The number of ether oxygens (including phenoxy) is 1. The third kappa shape index (κ3) is 2.14. The summed E-state index contributed by atoms with van der Waals surface area (Å²) in [4.78, 5) is 23.3. The lowest BCUT2D eigenvalue weighted by atomic mass is 10.0. The minimum atomic E-state index is -0.651. The minimum absolute atomic E-state index is 0.0766. The standard InChI is InChI=1S/C14H14O4/c1-8(2)9-4-5-12-10(6-9)11(15)7-13(18-12)14(16)17-3/h4-8H,1-3H3. The molecule has 0 radical (unpaired) electrons. The zero-order valence-corrected chi connectivity index (χ0v) is 10.5. The Kier molecular flexibility index (Phi) is 3.19. The van der Waals surface area contributed by atoms with Crippen molar-refractivity contribution in [3.8, 4) is 0 Å². The highest BCUT2D eigenvalue weighted by atomic mass is 16.5. The molecule has 1 aromatic carbocycles. The van der Waals surface area contributed by atoms with Crippen LogP contribution >= 0.6 is 0 Å². The van der Waals surface area contributed by atoms with E-state index in [0.717, 1.165) is 11.6 Å². The van der Waals surface area contributed by atoms with Gasteiger partial charge in [0.15, 0.2) is 5.43 Å². The van der Waals surface area contributed by atoms with Crippen LogP contribution in [0.5, 0.6) is 0 Å². The minimum Gasteiger partial charge on any atom is -0.463 e. The van der Waals surface area contributed by atoms with Gasteiger partial charge in [0.25, 0.3) is 0 Å². The SMILES string of the molecule is COC(=O)c1cc(=O)c2cc(C(C)C)ccc2o1. The molecule has 4 nitrogen and oxygen atoms in total. The van der Waals surface area contributed by atoms with Crippen molar-refractivity contribution >= 4 is 16.9 Å². The zero-order chi connectivity index (χ0) is 13.3. The van der Waals surface area contributed by atoms with Crippen molar-refractivity contribution in [2.24, 2.45) is 0 Å². The van der Waals surface area contributed by atoms with Crippen molar-refractivity contribution < 1.29 is 13.9 Å². The lowest BCUT2D eigenvalue weighted by Crippen LogP contribution is -2.08. The molecule has 18 heavy (non-hydrogen) atoms. The zero-order valence-electron chi connectivity index (χ0n) is 10.5. The van der Waals surface area contributed by atoms with Crippen LogP contribution in [0.2, 0.25) is 0 Å². The fourth-order valence-corrected chi connectivity index (χ4v) is 1.73. The molecular formula is C14H14O4. The molecule has 0 aliphatic rings. The Morgan fingerprint density at radius 2 is 2.00 bits per heavy atom. The van der Waals surface area contributed by atoms with Gasteiger partial charge in [-0.2, -0.15) is 0 Å². The number of fused-ring (bicyclic) bond motifs is 1. The van der Waals surface area contributed by atoms with Crippen molar-refractivity contribution in [2.45, 2.75) is 19.8 Å². The molecule has 0 amide bonds. The molecule has 1 aromatic heterocycles. The maximum absolute atomic E-state index is 11.9. The highest BCUT2D eigenvalue weighted by Crippen LogP contribution is 2.20. The van der Waals surface area contributed by atoms with Gasteiger partial charge in [0.2, 0.25) is 5.76 Å². The molecule has 0 spiro atoms.